The van der Waals surface area contributed by atoms with E-state index in [-0.39, 0.29) is 23.7 Å². The predicted molar refractivity (Wildman–Crippen MR) is 99.6 cm³/mol. The third kappa shape index (κ3) is 4.26. The Morgan fingerprint density at radius 2 is 2.23 bits per heavy atom. The summed E-state index contributed by atoms with van der Waals surface area (Å²) in [4.78, 5) is 14.9. The van der Waals surface area contributed by atoms with E-state index < -0.39 is 0 Å². The molecule has 0 radical (unpaired) electrons. The van der Waals surface area contributed by atoms with Crippen LogP contribution in [0.25, 0.3) is 0 Å². The van der Waals surface area contributed by atoms with Crippen molar-refractivity contribution in [1.82, 2.24) is 10.2 Å². The number of halogens is 2. The fourth-order valence-electron chi connectivity index (χ4n) is 2.80. The van der Waals surface area contributed by atoms with Crippen LogP contribution in [-0.2, 0) is 4.79 Å². The lowest BCUT2D eigenvalue weighted by Crippen LogP contribution is -2.51. The molecule has 3 rings (SSSR count). The smallest absolute Gasteiger partial charge is 0.237 e. The van der Waals surface area contributed by atoms with E-state index >= 15 is 0 Å². The highest BCUT2D eigenvalue weighted by Crippen LogP contribution is 2.30. The Morgan fingerprint density at radius 1 is 1.36 bits per heavy atom. The molecule has 1 aromatic rings. The SMILES string of the molecule is Cl.O=C(C1CSCCS1)N1CCNCC1c1cccc(Cl)c1. The van der Waals surface area contributed by atoms with Gasteiger partial charge in [-0.3, -0.25) is 4.79 Å². The Kier molecular flexibility index (Phi) is 7.22. The van der Waals surface area contributed by atoms with Gasteiger partial charge in [0.05, 0.1) is 11.3 Å². The molecule has 0 spiro atoms. The number of nitrogens with one attached hydrogen (secondary N) is 1. The number of carbonyl (C=O) groups excluding carboxylic acids is 1. The number of thioether (sulfide) groups is 2. The van der Waals surface area contributed by atoms with Crippen molar-refractivity contribution in [2.45, 2.75) is 11.3 Å². The van der Waals surface area contributed by atoms with Gasteiger partial charge in [0.25, 0.3) is 0 Å². The topological polar surface area (TPSA) is 32.3 Å². The molecule has 1 aromatic carbocycles. The third-order valence-electron chi connectivity index (χ3n) is 3.85. The molecule has 1 amide bonds. The summed E-state index contributed by atoms with van der Waals surface area (Å²) in [6.07, 6.45) is 0. The lowest BCUT2D eigenvalue weighted by atomic mass is 10.0. The zero-order chi connectivity index (χ0) is 14.7. The highest BCUT2D eigenvalue weighted by atomic mass is 35.5. The normalized spacial score (nSPS) is 25.4. The number of rotatable bonds is 2. The van der Waals surface area contributed by atoms with Crippen molar-refractivity contribution in [3.8, 4) is 0 Å². The first-order valence-electron chi connectivity index (χ1n) is 7.22. The van der Waals surface area contributed by atoms with Crippen LogP contribution < -0.4 is 5.32 Å². The number of benzene rings is 1. The first kappa shape index (κ1) is 18.3. The van der Waals surface area contributed by atoms with Crippen LogP contribution in [0.2, 0.25) is 5.02 Å². The van der Waals surface area contributed by atoms with Crippen LogP contribution in [0.15, 0.2) is 24.3 Å². The highest BCUT2D eigenvalue weighted by Gasteiger charge is 2.33. The first-order chi connectivity index (χ1) is 10.3. The molecule has 0 bridgehead atoms. The van der Waals surface area contributed by atoms with Crippen molar-refractivity contribution >= 4 is 53.4 Å². The number of piperazine rings is 1. The lowest BCUT2D eigenvalue weighted by molar-refractivity contribution is -0.133. The molecule has 2 unspecified atom stereocenters. The van der Waals surface area contributed by atoms with Crippen LogP contribution >= 0.6 is 47.5 Å². The second-order valence-corrected chi connectivity index (χ2v) is 8.14. The molecule has 22 heavy (non-hydrogen) atoms. The minimum absolute atomic E-state index is 0. The maximum Gasteiger partial charge on any atom is 0.237 e. The van der Waals surface area contributed by atoms with Gasteiger partial charge < -0.3 is 10.2 Å². The summed E-state index contributed by atoms with van der Waals surface area (Å²) >= 11 is 9.81. The van der Waals surface area contributed by atoms with Crippen molar-refractivity contribution in [3.63, 3.8) is 0 Å². The second kappa shape index (κ2) is 8.69. The highest BCUT2D eigenvalue weighted by molar-refractivity contribution is 8.07. The number of nitrogens with zero attached hydrogens (tertiary/aromatic N) is 1. The van der Waals surface area contributed by atoms with E-state index in [1.54, 1.807) is 11.8 Å². The summed E-state index contributed by atoms with van der Waals surface area (Å²) in [6, 6.07) is 7.97. The minimum Gasteiger partial charge on any atom is -0.332 e. The van der Waals surface area contributed by atoms with E-state index in [4.69, 9.17) is 11.6 Å². The van der Waals surface area contributed by atoms with Gasteiger partial charge in [-0.1, -0.05) is 23.7 Å². The molecule has 0 aromatic heterocycles. The molecule has 1 N–H and O–H groups in total. The van der Waals surface area contributed by atoms with E-state index in [2.05, 4.69) is 11.4 Å². The molecule has 0 saturated carbocycles. The van der Waals surface area contributed by atoms with E-state index in [9.17, 15) is 4.79 Å². The summed E-state index contributed by atoms with van der Waals surface area (Å²) in [6.45, 7) is 2.45. The first-order valence-corrected chi connectivity index (χ1v) is 9.80. The Bertz CT molecular complexity index is 512. The molecular formula is C15H20Cl2N2OS2. The molecule has 0 aliphatic carbocycles. The van der Waals surface area contributed by atoms with Gasteiger partial charge in [0.15, 0.2) is 0 Å². The second-order valence-electron chi connectivity index (χ2n) is 5.24. The lowest BCUT2D eigenvalue weighted by Gasteiger charge is -2.39. The molecule has 3 nitrogen and oxygen atoms in total. The van der Waals surface area contributed by atoms with Crippen LogP contribution in [0.1, 0.15) is 11.6 Å². The number of carbonyl (C=O) groups is 1. The van der Waals surface area contributed by atoms with Gasteiger partial charge in [-0.15, -0.1) is 24.2 Å². The summed E-state index contributed by atoms with van der Waals surface area (Å²) < 4.78 is 0. The van der Waals surface area contributed by atoms with Gasteiger partial charge in [0.2, 0.25) is 5.91 Å². The largest absolute Gasteiger partial charge is 0.332 e. The molecule has 2 aliphatic heterocycles. The van der Waals surface area contributed by atoms with Gasteiger partial charge in [-0.2, -0.15) is 11.8 Å². The standard InChI is InChI=1S/C15H19ClN2OS2.ClH/c16-12-3-1-2-11(8-12)13-9-17-4-5-18(13)15(19)14-10-20-6-7-21-14;/h1-3,8,13-14,17H,4-7,9-10H2;1H. The van der Waals surface area contributed by atoms with Crippen LogP contribution in [0.3, 0.4) is 0 Å². The van der Waals surface area contributed by atoms with Crippen molar-refractivity contribution in [1.29, 1.82) is 0 Å². The molecule has 2 aliphatic rings. The van der Waals surface area contributed by atoms with E-state index in [0.717, 1.165) is 47.5 Å². The zero-order valence-corrected chi connectivity index (χ0v) is 15.4. The van der Waals surface area contributed by atoms with Gasteiger partial charge in [-0.25, -0.2) is 0 Å². The molecule has 122 valence electrons. The van der Waals surface area contributed by atoms with Crippen LogP contribution in [0.5, 0.6) is 0 Å². The molecule has 2 saturated heterocycles. The summed E-state index contributed by atoms with van der Waals surface area (Å²) in [5.41, 5.74) is 1.12. The van der Waals surface area contributed by atoms with Crippen molar-refractivity contribution in [2.75, 3.05) is 36.9 Å². The Labute approximate surface area is 151 Å². The molecule has 2 fully saturated rings. The van der Waals surface area contributed by atoms with Crippen molar-refractivity contribution in [2.24, 2.45) is 0 Å². The molecule has 7 heteroatoms. The monoisotopic (exact) mass is 378 g/mol. The minimum atomic E-state index is 0. The quantitative estimate of drug-likeness (QED) is 0.856. The fraction of sp³-hybridized carbons (Fsp3) is 0.533. The molecule has 2 atom stereocenters. The van der Waals surface area contributed by atoms with Crippen molar-refractivity contribution < 1.29 is 4.79 Å². The average Bonchev–Trinajstić information content (AvgIpc) is 2.55. The zero-order valence-electron chi connectivity index (χ0n) is 12.2. The van der Waals surface area contributed by atoms with E-state index in [0.29, 0.717) is 5.91 Å². The van der Waals surface area contributed by atoms with Gasteiger partial charge in [-0.05, 0) is 17.7 Å². The Balaban J connectivity index is 0.00000176. The number of hydrogen-bond donors (Lipinski definition) is 1. The van der Waals surface area contributed by atoms with Gasteiger partial charge in [0, 0.05) is 41.9 Å². The van der Waals surface area contributed by atoms with Gasteiger partial charge in [0.1, 0.15) is 0 Å². The maximum absolute atomic E-state index is 12.9. The van der Waals surface area contributed by atoms with E-state index in [1.807, 2.05) is 34.9 Å². The molecular weight excluding hydrogens is 359 g/mol. The molecule has 2 heterocycles. The van der Waals surface area contributed by atoms with Crippen LogP contribution in [-0.4, -0.2) is 52.9 Å². The fourth-order valence-corrected chi connectivity index (χ4v) is 5.61. The maximum atomic E-state index is 12.9. The van der Waals surface area contributed by atoms with Crippen LogP contribution in [0.4, 0.5) is 0 Å². The number of hydrogen-bond acceptors (Lipinski definition) is 4. The third-order valence-corrected chi connectivity index (χ3v) is 6.83. The summed E-state index contributed by atoms with van der Waals surface area (Å²) in [5.74, 6) is 3.47. The summed E-state index contributed by atoms with van der Waals surface area (Å²) in [5, 5.41) is 4.24. The van der Waals surface area contributed by atoms with Crippen molar-refractivity contribution in [3.05, 3.63) is 34.9 Å². The van der Waals surface area contributed by atoms with Crippen LogP contribution in [0, 0.1) is 0 Å². The summed E-state index contributed by atoms with van der Waals surface area (Å²) in [7, 11) is 0. The predicted octanol–water partition coefficient (Wildman–Crippen LogP) is 3.08. The Hall–Kier alpha value is -0.0700. The average molecular weight is 379 g/mol. The number of amides is 1. The van der Waals surface area contributed by atoms with E-state index in [1.165, 1.54) is 0 Å². The Morgan fingerprint density at radius 3 is 2.95 bits per heavy atom. The van der Waals surface area contributed by atoms with Gasteiger partial charge >= 0.3 is 0 Å².